The van der Waals surface area contributed by atoms with Gasteiger partial charge >= 0.3 is 6.03 Å². The molecule has 0 bridgehead atoms. The van der Waals surface area contributed by atoms with Crippen LogP contribution < -0.4 is 16.0 Å². The normalized spacial score (nSPS) is 18.9. The quantitative estimate of drug-likeness (QED) is 0.743. The van der Waals surface area contributed by atoms with Crippen LogP contribution in [0.25, 0.3) is 0 Å². The van der Waals surface area contributed by atoms with Crippen LogP contribution in [-0.4, -0.2) is 48.6 Å². The third kappa shape index (κ3) is 5.19. The third-order valence-corrected chi connectivity index (χ3v) is 4.13. The molecule has 0 unspecified atom stereocenters. The minimum atomic E-state index is -0.345. The second-order valence-electron chi connectivity index (χ2n) is 6.05. The van der Waals surface area contributed by atoms with Gasteiger partial charge in [-0.2, -0.15) is 0 Å². The van der Waals surface area contributed by atoms with Crippen molar-refractivity contribution in [1.82, 2.24) is 15.5 Å². The zero-order valence-corrected chi connectivity index (χ0v) is 14.1. The largest absolute Gasteiger partial charge is 0.355 e. The summed E-state index contributed by atoms with van der Waals surface area (Å²) in [4.78, 5) is 26.1. The summed E-state index contributed by atoms with van der Waals surface area (Å²) < 4.78 is 12.8. The molecule has 2 rings (SSSR count). The van der Waals surface area contributed by atoms with Crippen molar-refractivity contribution in [2.24, 2.45) is 0 Å². The van der Waals surface area contributed by atoms with Crippen LogP contribution in [0.3, 0.4) is 0 Å². The molecule has 132 valence electrons. The van der Waals surface area contributed by atoms with E-state index in [4.69, 9.17) is 0 Å². The number of rotatable bonds is 6. The van der Waals surface area contributed by atoms with Gasteiger partial charge in [0.15, 0.2) is 0 Å². The number of nitrogens with zero attached hydrogens (tertiary/aromatic N) is 1. The fourth-order valence-corrected chi connectivity index (χ4v) is 2.70. The van der Waals surface area contributed by atoms with E-state index in [2.05, 4.69) is 20.9 Å². The van der Waals surface area contributed by atoms with Crippen LogP contribution in [0.5, 0.6) is 0 Å². The van der Waals surface area contributed by atoms with E-state index >= 15 is 0 Å². The lowest BCUT2D eigenvalue weighted by Crippen LogP contribution is -2.46. The van der Waals surface area contributed by atoms with Gasteiger partial charge in [0.05, 0.1) is 6.04 Å². The Labute approximate surface area is 141 Å². The zero-order chi connectivity index (χ0) is 17.5. The topological polar surface area (TPSA) is 73.5 Å². The molecule has 0 aliphatic carbocycles. The van der Waals surface area contributed by atoms with Gasteiger partial charge in [0, 0.05) is 31.4 Å². The van der Waals surface area contributed by atoms with Crippen molar-refractivity contribution < 1.29 is 14.0 Å². The van der Waals surface area contributed by atoms with Crippen molar-refractivity contribution in [2.75, 3.05) is 25.0 Å². The van der Waals surface area contributed by atoms with E-state index in [1.165, 1.54) is 24.3 Å². The summed E-state index contributed by atoms with van der Waals surface area (Å²) in [6.45, 7) is 5.98. The summed E-state index contributed by atoms with van der Waals surface area (Å²) in [5.41, 5.74) is 0.538. The first-order valence-corrected chi connectivity index (χ1v) is 8.34. The van der Waals surface area contributed by atoms with E-state index in [0.29, 0.717) is 18.8 Å². The van der Waals surface area contributed by atoms with Crippen LogP contribution in [0.4, 0.5) is 14.9 Å². The number of likely N-dealkylation sites (tertiary alicyclic amines) is 1. The number of hydrogen-bond donors (Lipinski definition) is 3. The number of benzene rings is 1. The van der Waals surface area contributed by atoms with E-state index in [1.807, 2.05) is 13.8 Å². The first-order valence-electron chi connectivity index (χ1n) is 8.34. The summed E-state index contributed by atoms with van der Waals surface area (Å²) in [6.07, 6.45) is 1.70. The van der Waals surface area contributed by atoms with Crippen molar-refractivity contribution >= 4 is 17.6 Å². The van der Waals surface area contributed by atoms with Crippen LogP contribution >= 0.6 is 0 Å². The third-order valence-electron chi connectivity index (χ3n) is 4.13. The number of anilines is 1. The Morgan fingerprint density at radius 2 is 2.04 bits per heavy atom. The summed E-state index contributed by atoms with van der Waals surface area (Å²) in [7, 11) is 0. The average molecular weight is 336 g/mol. The molecular formula is C17H25FN4O2. The molecule has 1 aliphatic rings. The number of amides is 3. The first-order chi connectivity index (χ1) is 11.5. The van der Waals surface area contributed by atoms with Crippen molar-refractivity contribution in [1.29, 1.82) is 0 Å². The number of halogens is 1. The average Bonchev–Trinajstić information content (AvgIpc) is 3.02. The Hall–Kier alpha value is -2.15. The fraction of sp³-hybridized carbons (Fsp3) is 0.529. The van der Waals surface area contributed by atoms with E-state index in [0.717, 1.165) is 19.4 Å². The van der Waals surface area contributed by atoms with Crippen LogP contribution in [-0.2, 0) is 4.79 Å². The monoisotopic (exact) mass is 336 g/mol. The lowest BCUT2D eigenvalue weighted by molar-refractivity contribution is -0.125. The Morgan fingerprint density at radius 3 is 2.71 bits per heavy atom. The minimum absolute atomic E-state index is 0.00752. The molecule has 3 amide bonds. The molecule has 3 N–H and O–H groups in total. The Morgan fingerprint density at radius 1 is 1.33 bits per heavy atom. The van der Waals surface area contributed by atoms with Crippen molar-refractivity contribution in [3.63, 3.8) is 0 Å². The Kier molecular flexibility index (Phi) is 6.54. The van der Waals surface area contributed by atoms with Gasteiger partial charge in [-0.3, -0.25) is 9.69 Å². The molecule has 24 heavy (non-hydrogen) atoms. The summed E-state index contributed by atoms with van der Waals surface area (Å²) in [6, 6.07) is 5.07. The first kappa shape index (κ1) is 18.2. The standard InChI is InChI=1S/C17H25FN4O2/c1-3-9-19-16(23)12(2)22-10-8-15(11-22)21-17(24)20-14-6-4-13(18)5-7-14/h4-7,12,15H,3,8-11H2,1-2H3,(H,19,23)(H2,20,21,24)/t12-,15-/m0/s1. The Balaban J connectivity index is 1.77. The van der Waals surface area contributed by atoms with Gasteiger partial charge in [0.1, 0.15) is 5.82 Å². The predicted molar refractivity (Wildman–Crippen MR) is 91.3 cm³/mol. The lowest BCUT2D eigenvalue weighted by atomic mass is 10.2. The van der Waals surface area contributed by atoms with Crippen LogP contribution in [0.2, 0.25) is 0 Å². The molecule has 0 aromatic heterocycles. The molecular weight excluding hydrogens is 311 g/mol. The molecule has 1 aromatic rings. The van der Waals surface area contributed by atoms with E-state index in [-0.39, 0.29) is 29.8 Å². The Bertz CT molecular complexity index is 564. The molecule has 2 atom stereocenters. The molecule has 1 fully saturated rings. The van der Waals surface area contributed by atoms with Crippen LogP contribution in [0.1, 0.15) is 26.7 Å². The van der Waals surface area contributed by atoms with E-state index in [9.17, 15) is 14.0 Å². The smallest absolute Gasteiger partial charge is 0.319 e. The molecule has 1 saturated heterocycles. The maximum atomic E-state index is 12.8. The van der Waals surface area contributed by atoms with Crippen LogP contribution in [0.15, 0.2) is 24.3 Å². The van der Waals surface area contributed by atoms with Gasteiger partial charge in [-0.25, -0.2) is 9.18 Å². The number of nitrogens with one attached hydrogen (secondary N) is 3. The highest BCUT2D eigenvalue weighted by molar-refractivity contribution is 5.89. The molecule has 1 heterocycles. The van der Waals surface area contributed by atoms with Gasteiger partial charge in [-0.1, -0.05) is 6.92 Å². The van der Waals surface area contributed by atoms with Gasteiger partial charge in [0.2, 0.25) is 5.91 Å². The van der Waals surface area contributed by atoms with Crippen LogP contribution in [0, 0.1) is 5.82 Å². The highest BCUT2D eigenvalue weighted by Gasteiger charge is 2.30. The van der Waals surface area contributed by atoms with Gasteiger partial charge in [-0.15, -0.1) is 0 Å². The summed E-state index contributed by atoms with van der Waals surface area (Å²) in [5.74, 6) is -0.323. The highest BCUT2D eigenvalue weighted by Crippen LogP contribution is 2.14. The molecule has 7 heteroatoms. The second-order valence-corrected chi connectivity index (χ2v) is 6.05. The van der Waals surface area contributed by atoms with Crippen molar-refractivity contribution in [2.45, 2.75) is 38.8 Å². The maximum Gasteiger partial charge on any atom is 0.319 e. The van der Waals surface area contributed by atoms with E-state index < -0.39 is 0 Å². The molecule has 0 radical (unpaired) electrons. The van der Waals surface area contributed by atoms with Gasteiger partial charge < -0.3 is 16.0 Å². The number of urea groups is 1. The number of carbonyl (C=O) groups excluding carboxylic acids is 2. The zero-order valence-electron chi connectivity index (χ0n) is 14.1. The number of carbonyl (C=O) groups is 2. The lowest BCUT2D eigenvalue weighted by Gasteiger charge is -2.23. The maximum absolute atomic E-state index is 12.8. The molecule has 1 aliphatic heterocycles. The predicted octanol–water partition coefficient (Wildman–Crippen LogP) is 1.94. The summed E-state index contributed by atoms with van der Waals surface area (Å²) >= 11 is 0. The van der Waals surface area contributed by atoms with Gasteiger partial charge in [-0.05, 0) is 44.0 Å². The SMILES string of the molecule is CCCNC(=O)[C@H](C)N1CC[C@H](NC(=O)Nc2ccc(F)cc2)C1. The summed E-state index contributed by atoms with van der Waals surface area (Å²) in [5, 5.41) is 8.46. The molecule has 0 spiro atoms. The van der Waals surface area contributed by atoms with Crippen molar-refractivity contribution in [3.8, 4) is 0 Å². The fourth-order valence-electron chi connectivity index (χ4n) is 2.70. The molecule has 6 nitrogen and oxygen atoms in total. The van der Waals surface area contributed by atoms with Gasteiger partial charge in [0.25, 0.3) is 0 Å². The highest BCUT2D eigenvalue weighted by atomic mass is 19.1. The van der Waals surface area contributed by atoms with E-state index in [1.54, 1.807) is 0 Å². The minimum Gasteiger partial charge on any atom is -0.355 e. The molecule has 0 saturated carbocycles. The second kappa shape index (κ2) is 8.63. The number of hydrogen-bond acceptors (Lipinski definition) is 3. The molecule has 1 aromatic carbocycles. The van der Waals surface area contributed by atoms with Crippen molar-refractivity contribution in [3.05, 3.63) is 30.1 Å².